The van der Waals surface area contributed by atoms with Gasteiger partial charge in [-0.2, -0.15) is 0 Å². The SMILES string of the molecule is CCCS(=O)c1cc(OC)cc2c(=O)c3cc(C(=O)O)ccc3oc12. The van der Waals surface area contributed by atoms with Crippen molar-refractivity contribution in [1.29, 1.82) is 0 Å². The molecule has 0 amide bonds. The Labute approximate surface area is 145 Å². The van der Waals surface area contributed by atoms with Crippen LogP contribution in [0.3, 0.4) is 0 Å². The van der Waals surface area contributed by atoms with Crippen molar-refractivity contribution in [3.8, 4) is 5.75 Å². The molecule has 3 aromatic rings. The van der Waals surface area contributed by atoms with E-state index in [-0.39, 0.29) is 32.9 Å². The van der Waals surface area contributed by atoms with E-state index in [1.54, 1.807) is 6.07 Å². The smallest absolute Gasteiger partial charge is 0.335 e. The molecule has 0 saturated heterocycles. The van der Waals surface area contributed by atoms with Crippen LogP contribution in [0.15, 0.2) is 44.4 Å². The van der Waals surface area contributed by atoms with Crippen LogP contribution in [-0.2, 0) is 10.8 Å². The van der Waals surface area contributed by atoms with Gasteiger partial charge in [0.05, 0.1) is 39.1 Å². The topological polar surface area (TPSA) is 93.8 Å². The third-order valence-corrected chi connectivity index (χ3v) is 5.40. The van der Waals surface area contributed by atoms with Crippen LogP contribution in [0, 0.1) is 0 Å². The fourth-order valence-electron chi connectivity index (χ4n) is 2.62. The summed E-state index contributed by atoms with van der Waals surface area (Å²) in [6.07, 6.45) is 0.713. The first-order valence-electron chi connectivity index (χ1n) is 7.66. The molecular formula is C18H16O6S. The highest BCUT2D eigenvalue weighted by Gasteiger charge is 2.18. The number of rotatable bonds is 5. The van der Waals surface area contributed by atoms with Crippen molar-refractivity contribution in [3.63, 3.8) is 0 Å². The van der Waals surface area contributed by atoms with Crippen LogP contribution in [0.25, 0.3) is 21.9 Å². The van der Waals surface area contributed by atoms with E-state index in [1.807, 2.05) is 6.92 Å². The lowest BCUT2D eigenvalue weighted by Crippen LogP contribution is -2.07. The van der Waals surface area contributed by atoms with Crippen LogP contribution in [0.4, 0.5) is 0 Å². The second kappa shape index (κ2) is 6.68. The van der Waals surface area contributed by atoms with Gasteiger partial charge in [-0.1, -0.05) is 6.92 Å². The van der Waals surface area contributed by atoms with Gasteiger partial charge >= 0.3 is 5.97 Å². The fraction of sp³-hybridized carbons (Fsp3) is 0.222. The Balaban J connectivity index is 2.41. The second-order valence-electron chi connectivity index (χ2n) is 5.50. The van der Waals surface area contributed by atoms with Crippen molar-refractivity contribution in [2.75, 3.05) is 12.9 Å². The van der Waals surface area contributed by atoms with E-state index in [9.17, 15) is 13.8 Å². The maximum atomic E-state index is 12.9. The number of carboxylic acid groups (broad SMARTS) is 1. The van der Waals surface area contributed by atoms with Crippen LogP contribution in [0.1, 0.15) is 23.7 Å². The largest absolute Gasteiger partial charge is 0.497 e. The van der Waals surface area contributed by atoms with Gasteiger partial charge in [0, 0.05) is 11.8 Å². The normalized spacial score (nSPS) is 12.4. The second-order valence-corrected chi connectivity index (χ2v) is 7.04. The molecule has 2 aromatic carbocycles. The van der Waals surface area contributed by atoms with E-state index >= 15 is 0 Å². The van der Waals surface area contributed by atoms with E-state index in [0.717, 1.165) is 0 Å². The Kier molecular flexibility index (Phi) is 4.59. The van der Waals surface area contributed by atoms with Crippen molar-refractivity contribution in [2.45, 2.75) is 18.2 Å². The number of hydrogen-bond acceptors (Lipinski definition) is 5. The van der Waals surface area contributed by atoms with Gasteiger partial charge in [-0.25, -0.2) is 4.79 Å². The maximum Gasteiger partial charge on any atom is 0.335 e. The minimum absolute atomic E-state index is 0.00294. The van der Waals surface area contributed by atoms with Crippen LogP contribution >= 0.6 is 0 Å². The molecule has 0 spiro atoms. The zero-order valence-electron chi connectivity index (χ0n) is 13.7. The summed E-state index contributed by atoms with van der Waals surface area (Å²) in [4.78, 5) is 24.4. The van der Waals surface area contributed by atoms with Crippen molar-refractivity contribution in [3.05, 3.63) is 46.1 Å². The molecule has 0 saturated carbocycles. The molecule has 130 valence electrons. The Bertz CT molecular complexity index is 1070. The summed E-state index contributed by atoms with van der Waals surface area (Å²) in [6, 6.07) is 7.21. The third-order valence-electron chi connectivity index (χ3n) is 3.83. The molecule has 1 heterocycles. The van der Waals surface area contributed by atoms with Gasteiger partial charge < -0.3 is 14.3 Å². The molecule has 0 radical (unpaired) electrons. The molecular weight excluding hydrogens is 344 g/mol. The zero-order chi connectivity index (χ0) is 18.1. The van der Waals surface area contributed by atoms with Crippen molar-refractivity contribution >= 4 is 38.7 Å². The average Bonchev–Trinajstić information content (AvgIpc) is 2.61. The molecule has 0 bridgehead atoms. The van der Waals surface area contributed by atoms with Gasteiger partial charge in [-0.3, -0.25) is 9.00 Å². The lowest BCUT2D eigenvalue weighted by molar-refractivity contribution is 0.0697. The summed E-state index contributed by atoms with van der Waals surface area (Å²) in [5.74, 6) is -0.299. The minimum Gasteiger partial charge on any atom is -0.497 e. The van der Waals surface area contributed by atoms with E-state index in [1.165, 1.54) is 31.4 Å². The number of hydrogen-bond donors (Lipinski definition) is 1. The van der Waals surface area contributed by atoms with Gasteiger partial charge in [-0.05, 0) is 30.7 Å². The van der Waals surface area contributed by atoms with E-state index in [2.05, 4.69) is 0 Å². The minimum atomic E-state index is -1.34. The molecule has 1 unspecified atom stereocenters. The number of carbonyl (C=O) groups is 1. The fourth-order valence-corrected chi connectivity index (χ4v) is 3.81. The molecule has 25 heavy (non-hydrogen) atoms. The molecule has 0 aliphatic rings. The van der Waals surface area contributed by atoms with Crippen molar-refractivity contribution in [1.82, 2.24) is 0 Å². The summed E-state index contributed by atoms with van der Waals surface area (Å²) in [7, 11) is 0.118. The standard InChI is InChI=1S/C18H16O6S/c1-3-6-25(22)15-9-11(23-2)8-13-16(19)12-7-10(18(20)21)4-5-14(12)24-17(13)15/h4-5,7-9H,3,6H2,1-2H3,(H,20,21). The number of ether oxygens (including phenoxy) is 1. The Morgan fingerprint density at radius 1 is 1.24 bits per heavy atom. The van der Waals surface area contributed by atoms with Gasteiger partial charge in [0.15, 0.2) is 5.58 Å². The van der Waals surface area contributed by atoms with E-state index in [4.69, 9.17) is 14.3 Å². The van der Waals surface area contributed by atoms with Crippen LogP contribution in [-0.4, -0.2) is 28.1 Å². The number of methoxy groups -OCH3 is 1. The van der Waals surface area contributed by atoms with E-state index in [0.29, 0.717) is 22.8 Å². The van der Waals surface area contributed by atoms with Crippen molar-refractivity contribution < 1.29 is 23.3 Å². The highest BCUT2D eigenvalue weighted by atomic mass is 32.2. The molecule has 1 aromatic heterocycles. The summed E-state index contributed by atoms with van der Waals surface area (Å²) >= 11 is 0. The zero-order valence-corrected chi connectivity index (χ0v) is 14.5. The van der Waals surface area contributed by atoms with Crippen LogP contribution in [0.5, 0.6) is 5.75 Å². The summed E-state index contributed by atoms with van der Waals surface area (Å²) in [5.41, 5.74) is 0.111. The predicted molar refractivity (Wildman–Crippen MR) is 95.1 cm³/mol. The molecule has 0 fully saturated rings. The van der Waals surface area contributed by atoms with Gasteiger partial charge in [0.25, 0.3) is 0 Å². The Morgan fingerprint density at radius 2 is 2.00 bits per heavy atom. The van der Waals surface area contributed by atoms with Crippen molar-refractivity contribution in [2.24, 2.45) is 0 Å². The summed E-state index contributed by atoms with van der Waals surface area (Å²) in [5, 5.41) is 9.49. The number of benzene rings is 2. The lowest BCUT2D eigenvalue weighted by Gasteiger charge is -2.09. The maximum absolute atomic E-state index is 12.9. The van der Waals surface area contributed by atoms with Gasteiger partial charge in [0.1, 0.15) is 11.3 Å². The highest BCUT2D eigenvalue weighted by Crippen LogP contribution is 2.29. The number of fused-ring (bicyclic) bond motifs is 2. The van der Waals surface area contributed by atoms with Crippen LogP contribution in [0.2, 0.25) is 0 Å². The molecule has 3 rings (SSSR count). The molecule has 6 nitrogen and oxygen atoms in total. The number of carboxylic acids is 1. The highest BCUT2D eigenvalue weighted by molar-refractivity contribution is 7.85. The summed E-state index contributed by atoms with van der Waals surface area (Å²) < 4.78 is 23.6. The average molecular weight is 360 g/mol. The monoisotopic (exact) mass is 360 g/mol. The first kappa shape index (κ1) is 17.2. The first-order valence-corrected chi connectivity index (χ1v) is 8.98. The van der Waals surface area contributed by atoms with Crippen LogP contribution < -0.4 is 10.2 Å². The predicted octanol–water partition coefficient (Wildman–Crippen LogP) is 3.17. The van der Waals surface area contributed by atoms with Gasteiger partial charge in [-0.15, -0.1) is 0 Å². The quantitative estimate of drug-likeness (QED) is 0.703. The molecule has 1 atom stereocenters. The van der Waals surface area contributed by atoms with E-state index < -0.39 is 16.8 Å². The Morgan fingerprint density at radius 3 is 2.64 bits per heavy atom. The summed E-state index contributed by atoms with van der Waals surface area (Å²) in [6.45, 7) is 1.92. The molecule has 0 aliphatic carbocycles. The first-order chi connectivity index (χ1) is 12.0. The Hall–Kier alpha value is -2.67. The number of aromatic carboxylic acids is 1. The molecule has 0 aliphatic heterocycles. The molecule has 7 heteroatoms. The lowest BCUT2D eigenvalue weighted by atomic mass is 10.1. The molecule has 1 N–H and O–H groups in total. The van der Waals surface area contributed by atoms with Gasteiger partial charge in [0.2, 0.25) is 5.43 Å². The third kappa shape index (κ3) is 3.02.